The Hall–Kier alpha value is -2.15. The van der Waals surface area contributed by atoms with E-state index in [2.05, 4.69) is 20.6 Å². The van der Waals surface area contributed by atoms with E-state index in [0.717, 1.165) is 17.1 Å². The molecular weight excluding hydrogens is 315 g/mol. The van der Waals surface area contributed by atoms with Crippen molar-refractivity contribution >= 4 is 17.3 Å². The Kier molecular flexibility index (Phi) is 6.34. The molecule has 0 saturated carbocycles. The Labute approximate surface area is 139 Å². The number of methoxy groups -OCH3 is 1. The molecule has 2 rings (SSSR count). The number of rotatable bonds is 6. The van der Waals surface area contributed by atoms with Crippen LogP contribution in [0, 0.1) is 12.7 Å². The molecule has 0 spiro atoms. The zero-order chi connectivity index (χ0) is 16.7. The van der Waals surface area contributed by atoms with Crippen molar-refractivity contribution in [3.63, 3.8) is 0 Å². The van der Waals surface area contributed by atoms with Crippen LogP contribution in [0.25, 0.3) is 0 Å². The summed E-state index contributed by atoms with van der Waals surface area (Å²) in [5.74, 6) is 0.537. The zero-order valence-corrected chi connectivity index (χ0v) is 14.3. The number of nitrogens with zero attached hydrogens (tertiary/aromatic N) is 2. The number of thiazole rings is 1. The van der Waals surface area contributed by atoms with Crippen molar-refractivity contribution in [3.05, 3.63) is 45.7 Å². The number of ether oxygens (including phenoxy) is 1. The number of nitrogens with one attached hydrogen (secondary N) is 2. The molecule has 5 nitrogen and oxygen atoms in total. The maximum Gasteiger partial charge on any atom is 0.191 e. The van der Waals surface area contributed by atoms with Crippen molar-refractivity contribution in [2.75, 3.05) is 13.7 Å². The van der Waals surface area contributed by atoms with Crippen LogP contribution in [0.15, 0.2) is 29.4 Å². The minimum Gasteiger partial charge on any atom is -0.494 e. The summed E-state index contributed by atoms with van der Waals surface area (Å²) in [5, 5.41) is 7.39. The number of aliphatic imine (C=N–C) groups is 1. The molecule has 23 heavy (non-hydrogen) atoms. The Morgan fingerprint density at radius 1 is 1.39 bits per heavy atom. The molecule has 0 bridgehead atoms. The van der Waals surface area contributed by atoms with Crippen molar-refractivity contribution in [1.82, 2.24) is 15.6 Å². The smallest absolute Gasteiger partial charge is 0.191 e. The second-order valence-corrected chi connectivity index (χ2v) is 6.20. The molecule has 0 radical (unpaired) electrons. The van der Waals surface area contributed by atoms with Crippen LogP contribution in [0.2, 0.25) is 0 Å². The highest BCUT2D eigenvalue weighted by Crippen LogP contribution is 2.18. The van der Waals surface area contributed by atoms with Gasteiger partial charge in [0.2, 0.25) is 0 Å². The van der Waals surface area contributed by atoms with Gasteiger partial charge in [0.25, 0.3) is 0 Å². The van der Waals surface area contributed by atoms with Crippen molar-refractivity contribution in [3.8, 4) is 5.75 Å². The maximum atomic E-state index is 13.7. The first-order valence-corrected chi connectivity index (χ1v) is 8.20. The summed E-state index contributed by atoms with van der Waals surface area (Å²) in [4.78, 5) is 9.95. The molecule has 7 heteroatoms. The molecule has 0 atom stereocenters. The van der Waals surface area contributed by atoms with Crippen LogP contribution >= 0.6 is 11.3 Å². The predicted molar refractivity (Wildman–Crippen MR) is 91.5 cm³/mol. The van der Waals surface area contributed by atoms with Crippen LogP contribution in [-0.4, -0.2) is 24.6 Å². The number of aromatic nitrogens is 1. The number of aryl methyl sites for hydroxylation is 1. The van der Waals surface area contributed by atoms with Crippen LogP contribution in [-0.2, 0) is 13.1 Å². The van der Waals surface area contributed by atoms with Crippen LogP contribution < -0.4 is 15.4 Å². The van der Waals surface area contributed by atoms with Gasteiger partial charge in [0.05, 0.1) is 20.2 Å². The van der Waals surface area contributed by atoms with E-state index < -0.39 is 0 Å². The lowest BCUT2D eigenvalue weighted by molar-refractivity contribution is 0.386. The van der Waals surface area contributed by atoms with Crippen molar-refractivity contribution in [1.29, 1.82) is 0 Å². The van der Waals surface area contributed by atoms with Gasteiger partial charge in [-0.05, 0) is 31.5 Å². The van der Waals surface area contributed by atoms with E-state index in [0.29, 0.717) is 19.0 Å². The molecule has 0 fully saturated rings. The van der Waals surface area contributed by atoms with E-state index in [1.807, 2.05) is 20.0 Å². The molecule has 0 amide bonds. The SMILES string of the molecule is CCNC(=NCc1ccc(OC)c(F)c1)NCc1ncc(C)s1. The molecule has 0 aliphatic rings. The predicted octanol–water partition coefficient (Wildman–Crippen LogP) is 2.85. The van der Waals surface area contributed by atoms with Crippen LogP contribution in [0.1, 0.15) is 22.4 Å². The Balaban J connectivity index is 1.98. The summed E-state index contributed by atoms with van der Waals surface area (Å²) < 4.78 is 18.6. The molecule has 2 N–H and O–H groups in total. The summed E-state index contributed by atoms with van der Waals surface area (Å²) in [7, 11) is 1.45. The maximum absolute atomic E-state index is 13.7. The van der Waals surface area contributed by atoms with Crippen molar-refractivity contribution < 1.29 is 9.13 Å². The quantitative estimate of drug-likeness (QED) is 0.629. The van der Waals surface area contributed by atoms with Gasteiger partial charge in [-0.25, -0.2) is 14.4 Å². The molecule has 1 aromatic heterocycles. The summed E-state index contributed by atoms with van der Waals surface area (Å²) in [6, 6.07) is 4.86. The largest absolute Gasteiger partial charge is 0.494 e. The number of benzene rings is 1. The second-order valence-electron chi connectivity index (χ2n) is 4.88. The average molecular weight is 336 g/mol. The van der Waals surface area contributed by atoms with Gasteiger partial charge in [-0.2, -0.15) is 0 Å². The second kappa shape index (κ2) is 8.47. The van der Waals surface area contributed by atoms with Gasteiger partial charge in [0.15, 0.2) is 17.5 Å². The molecule has 2 aromatic rings. The van der Waals surface area contributed by atoms with Crippen LogP contribution in [0.5, 0.6) is 5.75 Å². The Bertz CT molecular complexity index is 672. The van der Waals surface area contributed by atoms with E-state index in [1.54, 1.807) is 23.5 Å². The lowest BCUT2D eigenvalue weighted by Gasteiger charge is -2.10. The van der Waals surface area contributed by atoms with Crippen molar-refractivity contribution in [2.45, 2.75) is 26.9 Å². The fourth-order valence-electron chi connectivity index (χ4n) is 1.96. The standard InChI is InChI=1S/C16H21FN4OS/c1-4-18-16(21-10-15-19-8-11(2)23-15)20-9-12-5-6-14(22-3)13(17)7-12/h5-8H,4,9-10H2,1-3H3,(H2,18,20,21). The minimum atomic E-state index is -0.378. The first-order valence-electron chi connectivity index (χ1n) is 7.38. The van der Waals surface area contributed by atoms with Crippen LogP contribution in [0.4, 0.5) is 4.39 Å². The van der Waals surface area contributed by atoms with Crippen molar-refractivity contribution in [2.24, 2.45) is 4.99 Å². The lowest BCUT2D eigenvalue weighted by Crippen LogP contribution is -2.36. The highest BCUT2D eigenvalue weighted by molar-refractivity contribution is 7.11. The normalized spacial score (nSPS) is 11.4. The molecule has 1 heterocycles. The fourth-order valence-corrected chi connectivity index (χ4v) is 2.69. The molecule has 0 aliphatic carbocycles. The lowest BCUT2D eigenvalue weighted by atomic mass is 10.2. The summed E-state index contributed by atoms with van der Waals surface area (Å²) in [5.41, 5.74) is 0.783. The Morgan fingerprint density at radius 3 is 2.83 bits per heavy atom. The van der Waals surface area contributed by atoms with E-state index in [9.17, 15) is 4.39 Å². The third-order valence-corrected chi connectivity index (χ3v) is 3.97. The van der Waals surface area contributed by atoms with E-state index in [4.69, 9.17) is 4.74 Å². The highest BCUT2D eigenvalue weighted by Gasteiger charge is 2.04. The number of guanidine groups is 1. The third kappa shape index (κ3) is 5.21. The van der Waals surface area contributed by atoms with Gasteiger partial charge in [-0.3, -0.25) is 0 Å². The zero-order valence-electron chi connectivity index (χ0n) is 13.5. The van der Waals surface area contributed by atoms with Gasteiger partial charge in [-0.1, -0.05) is 6.07 Å². The number of halogens is 1. The first-order chi connectivity index (χ1) is 11.1. The number of hydrogen-bond acceptors (Lipinski definition) is 4. The summed E-state index contributed by atoms with van der Waals surface area (Å²) in [6.07, 6.45) is 1.85. The fraction of sp³-hybridized carbons (Fsp3) is 0.375. The number of hydrogen-bond donors (Lipinski definition) is 2. The average Bonchev–Trinajstić information content (AvgIpc) is 2.95. The van der Waals surface area contributed by atoms with Gasteiger partial charge in [0.1, 0.15) is 5.01 Å². The van der Waals surface area contributed by atoms with Gasteiger partial charge >= 0.3 is 0 Å². The minimum absolute atomic E-state index is 0.238. The van der Waals surface area contributed by atoms with Crippen LogP contribution in [0.3, 0.4) is 0 Å². The summed E-state index contributed by atoms with van der Waals surface area (Å²) in [6.45, 7) is 5.77. The van der Waals surface area contributed by atoms with Gasteiger partial charge < -0.3 is 15.4 Å². The molecular formula is C16H21FN4OS. The monoisotopic (exact) mass is 336 g/mol. The molecule has 0 saturated heterocycles. The molecule has 0 aliphatic heterocycles. The van der Waals surface area contributed by atoms with E-state index in [1.165, 1.54) is 18.1 Å². The van der Waals surface area contributed by atoms with Gasteiger partial charge in [-0.15, -0.1) is 11.3 Å². The van der Waals surface area contributed by atoms with E-state index in [-0.39, 0.29) is 11.6 Å². The third-order valence-electron chi connectivity index (χ3n) is 3.06. The molecule has 1 aromatic carbocycles. The first kappa shape index (κ1) is 17.2. The molecule has 0 unspecified atom stereocenters. The van der Waals surface area contributed by atoms with E-state index >= 15 is 0 Å². The topological polar surface area (TPSA) is 58.5 Å². The molecule has 124 valence electrons. The highest BCUT2D eigenvalue weighted by atomic mass is 32.1. The summed E-state index contributed by atoms with van der Waals surface area (Å²) >= 11 is 1.65. The Morgan fingerprint density at radius 2 is 2.22 bits per heavy atom. The van der Waals surface area contributed by atoms with Gasteiger partial charge in [0, 0.05) is 17.6 Å².